The molecule has 3 aromatic carbocycles. The van der Waals surface area contributed by atoms with E-state index in [4.69, 9.17) is 0 Å². The van der Waals surface area contributed by atoms with Gasteiger partial charge in [-0.3, -0.25) is 9.59 Å². The van der Waals surface area contributed by atoms with E-state index in [0.29, 0.717) is 40.6 Å². The van der Waals surface area contributed by atoms with Gasteiger partial charge in [0, 0.05) is 28.3 Å². The average Bonchev–Trinajstić information content (AvgIpc) is 2.91. The Bertz CT molecular complexity index is 1570. The van der Waals surface area contributed by atoms with Crippen molar-refractivity contribution in [3.05, 3.63) is 72.3 Å². The Kier molecular flexibility index (Phi) is 7.45. The van der Waals surface area contributed by atoms with Gasteiger partial charge in [-0.15, -0.1) is 0 Å². The molecule has 4 bridgehead atoms. The van der Waals surface area contributed by atoms with Crippen LogP contribution in [-0.2, 0) is 25.8 Å². The number of sulfone groups is 1. The smallest absolute Gasteiger partial charge is 0.247 e. The number of benzene rings is 3. The summed E-state index contributed by atoms with van der Waals surface area (Å²) in [6.07, 6.45) is 6.90. The molecule has 222 valence electrons. The Morgan fingerprint density at radius 1 is 0.833 bits per heavy atom. The van der Waals surface area contributed by atoms with Gasteiger partial charge in [-0.25, -0.2) is 8.42 Å². The number of carbonyl (C=O) groups excluding carboxylic acids is 2. The summed E-state index contributed by atoms with van der Waals surface area (Å²) in [6, 6.07) is 19.6. The first kappa shape index (κ1) is 28.9. The number of nitrogens with one attached hydrogen (secondary N) is 2. The van der Waals surface area contributed by atoms with Gasteiger partial charge < -0.3 is 10.6 Å². The van der Waals surface area contributed by atoms with Gasteiger partial charge in [0.1, 0.15) is 6.04 Å². The number of anilines is 1. The second-order valence-electron chi connectivity index (χ2n) is 14.4. The lowest BCUT2D eigenvalue weighted by molar-refractivity contribution is -0.148. The van der Waals surface area contributed by atoms with Crippen LogP contribution in [-0.4, -0.2) is 32.0 Å². The average molecular weight is 587 g/mol. The molecule has 4 saturated carbocycles. The zero-order valence-corrected chi connectivity index (χ0v) is 25.7. The van der Waals surface area contributed by atoms with Crippen LogP contribution in [0, 0.1) is 28.6 Å². The normalized spacial score (nSPS) is 25.7. The highest BCUT2D eigenvalue weighted by atomic mass is 32.2. The molecule has 7 heteroatoms. The predicted molar refractivity (Wildman–Crippen MR) is 167 cm³/mol. The summed E-state index contributed by atoms with van der Waals surface area (Å²) >= 11 is 0. The Hall–Kier alpha value is -3.19. The Labute approximate surface area is 249 Å². The summed E-state index contributed by atoms with van der Waals surface area (Å²) in [6.45, 7) is 5.73. The van der Waals surface area contributed by atoms with Crippen molar-refractivity contribution in [2.75, 3.05) is 11.1 Å². The van der Waals surface area contributed by atoms with E-state index in [1.807, 2.05) is 57.2 Å². The van der Waals surface area contributed by atoms with Crippen LogP contribution < -0.4 is 10.6 Å². The summed E-state index contributed by atoms with van der Waals surface area (Å²) in [4.78, 5) is 28.2. The fourth-order valence-electron chi connectivity index (χ4n) is 8.29. The third kappa shape index (κ3) is 5.85. The zero-order valence-electron chi connectivity index (χ0n) is 24.9. The Balaban J connectivity index is 1.28. The van der Waals surface area contributed by atoms with E-state index in [1.54, 1.807) is 30.3 Å². The number of fused-ring (bicyclic) bond motifs is 1. The molecule has 3 aromatic rings. The number of hydrogen-bond acceptors (Lipinski definition) is 4. The van der Waals surface area contributed by atoms with Crippen molar-refractivity contribution in [1.82, 2.24) is 5.32 Å². The molecule has 2 amide bonds. The van der Waals surface area contributed by atoms with Crippen LogP contribution in [0.2, 0.25) is 0 Å². The summed E-state index contributed by atoms with van der Waals surface area (Å²) in [5.41, 5.74) is 0.746. The van der Waals surface area contributed by atoms with Gasteiger partial charge in [0.15, 0.2) is 9.84 Å². The minimum Gasteiger partial charge on any atom is -0.343 e. The van der Waals surface area contributed by atoms with E-state index in [2.05, 4.69) is 10.6 Å². The lowest BCUT2D eigenvalue weighted by Gasteiger charge is -2.55. The van der Waals surface area contributed by atoms with E-state index in [1.165, 1.54) is 19.3 Å². The van der Waals surface area contributed by atoms with Gasteiger partial charge in [-0.1, -0.05) is 75.4 Å². The molecular formula is C35H42N2O4S. The van der Waals surface area contributed by atoms with Gasteiger partial charge in [0.05, 0.1) is 10.6 Å². The molecule has 2 N–H and O–H groups in total. The molecule has 0 unspecified atom stereocenters. The second kappa shape index (κ2) is 10.8. The third-order valence-corrected chi connectivity index (χ3v) is 11.8. The minimum atomic E-state index is -3.55. The quantitative estimate of drug-likeness (QED) is 0.313. The fourth-order valence-corrected chi connectivity index (χ4v) is 10.4. The summed E-state index contributed by atoms with van der Waals surface area (Å²) in [5, 5.41) is 7.51. The van der Waals surface area contributed by atoms with E-state index in [0.717, 1.165) is 24.8 Å². The SMILES string of the molecule is CC(C)(C)CS(=O)(=O)c1cccc2c(NC(=O)[C@H](Cc3ccccc3)NC(=O)C34CC5CC(CC(C5)C3)C4)cccc12. The van der Waals surface area contributed by atoms with Crippen molar-refractivity contribution >= 4 is 38.1 Å². The van der Waals surface area contributed by atoms with Crippen molar-refractivity contribution in [2.45, 2.75) is 76.7 Å². The largest absolute Gasteiger partial charge is 0.343 e. The molecule has 0 saturated heterocycles. The Morgan fingerprint density at radius 3 is 2.05 bits per heavy atom. The molecule has 7 rings (SSSR count). The molecule has 42 heavy (non-hydrogen) atoms. The first-order valence-corrected chi connectivity index (χ1v) is 17.0. The van der Waals surface area contributed by atoms with Crippen molar-refractivity contribution in [2.24, 2.45) is 28.6 Å². The maximum atomic E-state index is 14.0. The summed E-state index contributed by atoms with van der Waals surface area (Å²) in [7, 11) is -3.55. The van der Waals surface area contributed by atoms with E-state index < -0.39 is 21.3 Å². The maximum Gasteiger partial charge on any atom is 0.247 e. The molecule has 0 aromatic heterocycles. The molecule has 0 heterocycles. The number of carbonyl (C=O) groups is 2. The first-order valence-electron chi connectivity index (χ1n) is 15.3. The van der Waals surface area contributed by atoms with Crippen LogP contribution in [0.15, 0.2) is 71.6 Å². The van der Waals surface area contributed by atoms with Crippen molar-refractivity contribution in [1.29, 1.82) is 0 Å². The standard InChI is InChI=1S/C35H42N2O4S/c1-34(2,3)22-42(40,41)31-14-8-11-27-28(31)12-7-13-29(27)36-32(38)30(18-23-9-5-4-6-10-23)37-33(39)35-19-24-15-25(20-35)17-26(16-24)21-35/h4-14,24-26,30H,15-22H2,1-3H3,(H,36,38)(H,37,39)/t24?,25?,26?,30-,35?/m0/s1. The monoisotopic (exact) mass is 586 g/mol. The van der Waals surface area contributed by atoms with Crippen LogP contribution in [0.25, 0.3) is 10.8 Å². The second-order valence-corrected chi connectivity index (χ2v) is 16.3. The summed E-state index contributed by atoms with van der Waals surface area (Å²) in [5.74, 6) is 1.62. The maximum absolute atomic E-state index is 14.0. The molecule has 4 fully saturated rings. The van der Waals surface area contributed by atoms with Crippen molar-refractivity contribution in [3.63, 3.8) is 0 Å². The lowest BCUT2D eigenvalue weighted by atomic mass is 9.49. The Morgan fingerprint density at radius 2 is 1.43 bits per heavy atom. The highest BCUT2D eigenvalue weighted by Gasteiger charge is 2.55. The molecular weight excluding hydrogens is 544 g/mol. The van der Waals surface area contributed by atoms with Crippen LogP contribution in [0.3, 0.4) is 0 Å². The van der Waals surface area contributed by atoms with Crippen LogP contribution in [0.5, 0.6) is 0 Å². The molecule has 6 nitrogen and oxygen atoms in total. The molecule has 0 spiro atoms. The van der Waals surface area contributed by atoms with Gasteiger partial charge in [-0.05, 0) is 79.4 Å². The van der Waals surface area contributed by atoms with Crippen LogP contribution >= 0.6 is 0 Å². The molecule has 1 atom stereocenters. The predicted octanol–water partition coefficient (Wildman–Crippen LogP) is 6.54. The molecule has 4 aliphatic carbocycles. The van der Waals surface area contributed by atoms with Crippen LogP contribution in [0.4, 0.5) is 5.69 Å². The van der Waals surface area contributed by atoms with Crippen LogP contribution in [0.1, 0.15) is 64.9 Å². The molecule has 4 aliphatic rings. The minimum absolute atomic E-state index is 0.0191. The fraction of sp³-hybridized carbons (Fsp3) is 0.486. The molecule has 0 aliphatic heterocycles. The number of hydrogen-bond donors (Lipinski definition) is 2. The van der Waals surface area contributed by atoms with Gasteiger partial charge >= 0.3 is 0 Å². The molecule has 0 radical (unpaired) electrons. The van der Waals surface area contributed by atoms with Gasteiger partial charge in [0.25, 0.3) is 0 Å². The first-order chi connectivity index (χ1) is 19.9. The number of amides is 2. The van der Waals surface area contributed by atoms with E-state index in [9.17, 15) is 18.0 Å². The van der Waals surface area contributed by atoms with E-state index in [-0.39, 0.29) is 27.9 Å². The zero-order chi connectivity index (χ0) is 29.7. The van der Waals surface area contributed by atoms with Crippen molar-refractivity contribution in [3.8, 4) is 0 Å². The van der Waals surface area contributed by atoms with Gasteiger partial charge in [0.2, 0.25) is 11.8 Å². The topological polar surface area (TPSA) is 92.3 Å². The lowest BCUT2D eigenvalue weighted by Crippen LogP contribution is -2.57. The third-order valence-electron chi connectivity index (χ3n) is 9.52. The highest BCUT2D eigenvalue weighted by Crippen LogP contribution is 2.60. The highest BCUT2D eigenvalue weighted by molar-refractivity contribution is 7.91. The summed E-state index contributed by atoms with van der Waals surface area (Å²) < 4.78 is 26.7. The number of rotatable bonds is 8. The van der Waals surface area contributed by atoms with Gasteiger partial charge in [-0.2, -0.15) is 0 Å². The van der Waals surface area contributed by atoms with Crippen molar-refractivity contribution < 1.29 is 18.0 Å². The van der Waals surface area contributed by atoms with E-state index >= 15 is 0 Å².